The maximum Gasteiger partial charge on any atom is 0.350 e. The van der Waals surface area contributed by atoms with Gasteiger partial charge in [0.1, 0.15) is 11.9 Å². The summed E-state index contributed by atoms with van der Waals surface area (Å²) in [5, 5.41) is 4.05. The van der Waals surface area contributed by atoms with Gasteiger partial charge in [0, 0.05) is 12.1 Å². The molecule has 0 bridgehead atoms. The number of nitrogens with zero attached hydrogens (tertiary/aromatic N) is 3. The zero-order valence-electron chi connectivity index (χ0n) is 10.8. The van der Waals surface area contributed by atoms with Crippen molar-refractivity contribution in [3.63, 3.8) is 0 Å². The molecule has 9 nitrogen and oxygen atoms in total. The summed E-state index contributed by atoms with van der Waals surface area (Å²) in [6, 6.07) is 3.54. The Morgan fingerprint density at radius 2 is 2.15 bits per heavy atom. The molecular weight excluding hydrogens is 285 g/mol. The van der Waals surface area contributed by atoms with Gasteiger partial charge in [0.25, 0.3) is 0 Å². The maximum absolute atomic E-state index is 10.8. The Balaban J connectivity index is 2.16. The maximum atomic E-state index is 10.8. The molecule has 0 unspecified atom stereocenters. The molecule has 2 heterocycles. The van der Waals surface area contributed by atoms with Gasteiger partial charge in [-0.05, 0) is 19.1 Å². The van der Waals surface area contributed by atoms with E-state index >= 15 is 0 Å². The number of aromatic nitrogens is 3. The lowest BCUT2D eigenvalue weighted by molar-refractivity contribution is 0.0877. The third-order valence-corrected chi connectivity index (χ3v) is 3.14. The van der Waals surface area contributed by atoms with Gasteiger partial charge in [-0.25, -0.2) is 4.52 Å². The van der Waals surface area contributed by atoms with Crippen molar-refractivity contribution in [2.45, 2.75) is 19.4 Å². The third-order valence-electron chi connectivity index (χ3n) is 2.66. The highest BCUT2D eigenvalue weighted by atomic mass is 31.2. The second-order valence-electron chi connectivity index (χ2n) is 4.45. The summed E-state index contributed by atoms with van der Waals surface area (Å²) in [5.41, 5.74) is 12.7. The van der Waals surface area contributed by atoms with Crippen molar-refractivity contribution < 1.29 is 19.1 Å². The van der Waals surface area contributed by atoms with E-state index in [4.69, 9.17) is 26.0 Å². The molecule has 0 fully saturated rings. The van der Waals surface area contributed by atoms with E-state index < -0.39 is 20.0 Å². The van der Waals surface area contributed by atoms with Crippen molar-refractivity contribution in [2.75, 3.05) is 17.8 Å². The summed E-state index contributed by atoms with van der Waals surface area (Å²) >= 11 is 0. The van der Waals surface area contributed by atoms with Crippen LogP contribution >= 0.6 is 7.60 Å². The van der Waals surface area contributed by atoms with Gasteiger partial charge in [0.05, 0.1) is 6.10 Å². The third kappa shape index (κ3) is 3.45. The number of rotatable bonds is 5. The molecule has 20 heavy (non-hydrogen) atoms. The van der Waals surface area contributed by atoms with Crippen LogP contribution in [-0.4, -0.2) is 36.8 Å². The van der Waals surface area contributed by atoms with Crippen LogP contribution in [0, 0.1) is 0 Å². The average molecular weight is 301 g/mol. The Labute approximate surface area is 114 Å². The lowest BCUT2D eigenvalue weighted by Gasteiger charge is -2.13. The fourth-order valence-corrected chi connectivity index (χ4v) is 2.27. The molecule has 2 aromatic rings. The molecule has 2 aromatic heterocycles. The quantitative estimate of drug-likeness (QED) is 0.563. The highest BCUT2D eigenvalue weighted by Crippen LogP contribution is 2.34. The molecule has 0 aliphatic rings. The van der Waals surface area contributed by atoms with Gasteiger partial charge >= 0.3 is 7.60 Å². The molecule has 0 aliphatic carbocycles. The molecule has 0 aliphatic heterocycles. The van der Waals surface area contributed by atoms with E-state index in [1.807, 2.05) is 0 Å². The number of hydrogen-bond donors (Lipinski definition) is 4. The number of nitrogens with two attached hydrogens (primary N) is 2. The minimum absolute atomic E-state index is 0.0521. The van der Waals surface area contributed by atoms with E-state index in [1.54, 1.807) is 23.6 Å². The predicted octanol–water partition coefficient (Wildman–Crippen LogP) is -0.0235. The van der Waals surface area contributed by atoms with Crippen LogP contribution in [0.1, 0.15) is 12.6 Å². The highest BCUT2D eigenvalue weighted by Gasteiger charge is 2.17. The summed E-state index contributed by atoms with van der Waals surface area (Å²) < 4.78 is 17.4. The molecule has 0 radical (unpaired) electrons. The number of hydrogen-bond acceptors (Lipinski definition) is 6. The molecule has 0 saturated heterocycles. The lowest BCUT2D eigenvalue weighted by Crippen LogP contribution is -2.15. The topological polar surface area (TPSA) is 149 Å². The summed E-state index contributed by atoms with van der Waals surface area (Å²) in [6.45, 7) is 1.71. The molecular formula is C10H16N5O4P. The van der Waals surface area contributed by atoms with Crippen molar-refractivity contribution in [3.8, 4) is 0 Å². The minimum atomic E-state index is -4.17. The molecule has 0 aromatic carbocycles. The van der Waals surface area contributed by atoms with E-state index in [1.165, 1.54) is 0 Å². The van der Waals surface area contributed by atoms with Crippen molar-refractivity contribution in [2.24, 2.45) is 0 Å². The van der Waals surface area contributed by atoms with E-state index in [0.717, 1.165) is 5.69 Å². The zero-order chi connectivity index (χ0) is 14.9. The summed E-state index contributed by atoms with van der Waals surface area (Å²) in [7, 11) is -4.17. The van der Waals surface area contributed by atoms with Crippen LogP contribution < -0.4 is 11.5 Å². The lowest BCUT2D eigenvalue weighted by atomic mass is 10.2. The van der Waals surface area contributed by atoms with Crippen molar-refractivity contribution in [3.05, 3.63) is 17.8 Å². The molecule has 1 atom stereocenters. The molecule has 110 valence electrons. The van der Waals surface area contributed by atoms with Crippen LogP contribution in [0.2, 0.25) is 0 Å². The predicted molar refractivity (Wildman–Crippen MR) is 73.0 cm³/mol. The van der Waals surface area contributed by atoms with E-state index in [0.29, 0.717) is 11.9 Å². The van der Waals surface area contributed by atoms with Crippen LogP contribution in [0.3, 0.4) is 0 Å². The molecule has 0 amide bonds. The molecule has 0 saturated carbocycles. The van der Waals surface area contributed by atoms with Crippen LogP contribution in [0.15, 0.2) is 12.1 Å². The monoisotopic (exact) mass is 301 g/mol. The van der Waals surface area contributed by atoms with Crippen molar-refractivity contribution >= 4 is 24.9 Å². The Kier molecular flexibility index (Phi) is 3.96. The number of nitrogen functional groups attached to an aromatic ring is 2. The van der Waals surface area contributed by atoms with Crippen molar-refractivity contribution in [1.82, 2.24) is 14.6 Å². The van der Waals surface area contributed by atoms with E-state index in [9.17, 15) is 4.57 Å². The van der Waals surface area contributed by atoms with Crippen LogP contribution in [0.5, 0.6) is 0 Å². The van der Waals surface area contributed by atoms with Gasteiger partial charge in [-0.3, -0.25) is 4.57 Å². The van der Waals surface area contributed by atoms with Gasteiger partial charge in [-0.1, -0.05) is 0 Å². The van der Waals surface area contributed by atoms with Gasteiger partial charge < -0.3 is 26.0 Å². The largest absolute Gasteiger partial charge is 0.382 e. The Morgan fingerprint density at radius 1 is 1.45 bits per heavy atom. The minimum Gasteiger partial charge on any atom is -0.382 e. The van der Waals surface area contributed by atoms with Crippen LogP contribution in [-0.2, 0) is 15.7 Å². The fraction of sp³-hybridized carbons (Fsp3) is 0.400. The molecule has 2 rings (SSSR count). The van der Waals surface area contributed by atoms with Gasteiger partial charge in [-0.2, -0.15) is 4.98 Å². The van der Waals surface area contributed by atoms with Crippen molar-refractivity contribution in [1.29, 1.82) is 0 Å². The van der Waals surface area contributed by atoms with Crippen LogP contribution in [0.25, 0.3) is 5.52 Å². The smallest absolute Gasteiger partial charge is 0.350 e. The average Bonchev–Trinajstić information content (AvgIpc) is 2.69. The van der Waals surface area contributed by atoms with Crippen LogP contribution in [0.4, 0.5) is 11.8 Å². The first-order valence-corrected chi connectivity index (χ1v) is 7.62. The van der Waals surface area contributed by atoms with E-state index in [2.05, 4.69) is 10.1 Å². The second-order valence-corrected chi connectivity index (χ2v) is 6.04. The molecule has 0 spiro atoms. The van der Waals surface area contributed by atoms with E-state index in [-0.39, 0.29) is 11.8 Å². The fourth-order valence-electron chi connectivity index (χ4n) is 1.82. The van der Waals surface area contributed by atoms with Gasteiger partial charge in [-0.15, -0.1) is 5.10 Å². The first-order chi connectivity index (χ1) is 9.26. The normalized spacial score (nSPS) is 13.8. The summed E-state index contributed by atoms with van der Waals surface area (Å²) in [6.07, 6.45) is -0.598. The number of ether oxygens (including phenoxy) is 1. The first-order valence-electron chi connectivity index (χ1n) is 5.82. The molecule has 6 N–H and O–H groups in total. The van der Waals surface area contributed by atoms with Gasteiger partial charge in [0.15, 0.2) is 5.82 Å². The Hall–Kier alpha value is -1.67. The second kappa shape index (κ2) is 5.37. The summed E-state index contributed by atoms with van der Waals surface area (Å²) in [5.74, 6) is 0.323. The zero-order valence-corrected chi connectivity index (χ0v) is 11.7. The first kappa shape index (κ1) is 14.7. The molecule has 10 heteroatoms. The number of anilines is 2. The Bertz CT molecular complexity index is 667. The highest BCUT2D eigenvalue weighted by molar-refractivity contribution is 7.51. The SMILES string of the molecule is C[C@@H](Cc1ccc2c(N)nc(N)nn12)OCP(=O)(O)O. The standard InChI is InChI=1S/C10H16N5O4P/c1-6(19-5-20(16,17)18)4-7-2-3-8-9(11)13-10(12)14-15(7)8/h2-3,6H,4-5H2,1H3,(H2,16,17,18)(H4,11,12,13,14)/t6-/m0/s1. The Morgan fingerprint density at radius 3 is 2.80 bits per heavy atom. The number of fused-ring (bicyclic) bond motifs is 1. The summed E-state index contributed by atoms with van der Waals surface area (Å²) in [4.78, 5) is 21.4. The van der Waals surface area contributed by atoms with Gasteiger partial charge in [0.2, 0.25) is 5.95 Å².